The average Bonchev–Trinajstić information content (AvgIpc) is 3.02. The van der Waals surface area contributed by atoms with Crippen molar-refractivity contribution in [3.8, 4) is 11.5 Å². The minimum absolute atomic E-state index is 0.0146. The van der Waals surface area contributed by atoms with Crippen LogP contribution in [-0.4, -0.2) is 69.9 Å². The first-order chi connectivity index (χ1) is 14.2. The summed E-state index contributed by atoms with van der Waals surface area (Å²) >= 11 is 6.37. The van der Waals surface area contributed by atoms with E-state index in [4.69, 9.17) is 11.6 Å². The SMILES string of the molecule is CC(=O)N1CC(S(=O)(=O)N2CC[C@@H](c3[nH]c(-c4ccc(F)cn4)nc3Cl)[C@@H](C)C2)C1. The van der Waals surface area contributed by atoms with Gasteiger partial charge in [-0.2, -0.15) is 0 Å². The van der Waals surface area contributed by atoms with Crippen LogP contribution in [0.1, 0.15) is 31.9 Å². The van der Waals surface area contributed by atoms with Crippen LogP contribution in [0.25, 0.3) is 11.5 Å². The molecule has 1 N–H and O–H groups in total. The smallest absolute Gasteiger partial charge is 0.220 e. The van der Waals surface area contributed by atoms with Crippen molar-refractivity contribution in [2.75, 3.05) is 26.2 Å². The number of piperidine rings is 1. The number of nitrogens with one attached hydrogen (secondary N) is 1. The number of likely N-dealkylation sites (tertiary alicyclic amines) is 1. The second-order valence-corrected chi connectivity index (χ2v) is 10.5. The number of pyridine rings is 1. The molecule has 0 radical (unpaired) electrons. The Kier molecular flexibility index (Phi) is 5.58. The first-order valence-corrected chi connectivity index (χ1v) is 11.7. The van der Waals surface area contributed by atoms with Crippen LogP contribution in [0.5, 0.6) is 0 Å². The Morgan fingerprint density at radius 3 is 2.63 bits per heavy atom. The largest absolute Gasteiger partial charge is 0.340 e. The van der Waals surface area contributed by atoms with Gasteiger partial charge in [0.05, 0.1) is 11.9 Å². The number of rotatable bonds is 4. The van der Waals surface area contributed by atoms with E-state index in [1.165, 1.54) is 28.3 Å². The predicted octanol–water partition coefficient (Wildman–Crippen LogP) is 2.25. The monoisotopic (exact) mass is 455 g/mol. The fourth-order valence-corrected chi connectivity index (χ4v) is 6.34. The minimum atomic E-state index is -3.45. The number of H-pyrrole nitrogens is 1. The predicted molar refractivity (Wildman–Crippen MR) is 110 cm³/mol. The molecule has 162 valence electrons. The number of aromatic amines is 1. The fourth-order valence-electron chi connectivity index (χ4n) is 4.11. The van der Waals surface area contributed by atoms with Gasteiger partial charge in [-0.25, -0.2) is 27.1 Å². The van der Waals surface area contributed by atoms with E-state index >= 15 is 0 Å². The molecular formula is C19H23ClFN5O3S. The molecule has 2 aromatic heterocycles. The Labute approximate surface area is 179 Å². The lowest BCUT2D eigenvalue weighted by atomic mass is 9.86. The summed E-state index contributed by atoms with van der Waals surface area (Å²) in [4.78, 5) is 24.4. The number of nitrogens with zero attached hydrogens (tertiary/aromatic N) is 4. The molecule has 2 atom stereocenters. The molecule has 2 saturated heterocycles. The lowest BCUT2D eigenvalue weighted by Gasteiger charge is -2.43. The van der Waals surface area contributed by atoms with E-state index < -0.39 is 21.1 Å². The minimum Gasteiger partial charge on any atom is -0.340 e. The van der Waals surface area contributed by atoms with Crippen LogP contribution >= 0.6 is 11.6 Å². The molecule has 4 heterocycles. The highest BCUT2D eigenvalue weighted by molar-refractivity contribution is 7.89. The fraction of sp³-hybridized carbons (Fsp3) is 0.526. The van der Waals surface area contributed by atoms with E-state index in [0.29, 0.717) is 36.2 Å². The van der Waals surface area contributed by atoms with Gasteiger partial charge in [0.15, 0.2) is 11.0 Å². The van der Waals surface area contributed by atoms with Crippen LogP contribution in [0.3, 0.4) is 0 Å². The number of hydrogen-bond donors (Lipinski definition) is 1. The van der Waals surface area contributed by atoms with Gasteiger partial charge in [-0.15, -0.1) is 0 Å². The molecule has 0 saturated carbocycles. The Morgan fingerprint density at radius 1 is 1.30 bits per heavy atom. The van der Waals surface area contributed by atoms with Crippen molar-refractivity contribution in [3.63, 3.8) is 0 Å². The van der Waals surface area contributed by atoms with Crippen molar-refractivity contribution < 1.29 is 17.6 Å². The second-order valence-electron chi connectivity index (χ2n) is 7.97. The molecule has 2 aliphatic rings. The van der Waals surface area contributed by atoms with Crippen molar-refractivity contribution in [3.05, 3.63) is 35.0 Å². The Morgan fingerprint density at radius 2 is 2.03 bits per heavy atom. The molecule has 0 aromatic carbocycles. The number of carbonyl (C=O) groups is 1. The van der Waals surface area contributed by atoms with Gasteiger partial charge in [0.25, 0.3) is 0 Å². The third-order valence-electron chi connectivity index (χ3n) is 5.97. The zero-order valence-electron chi connectivity index (χ0n) is 16.7. The molecular weight excluding hydrogens is 433 g/mol. The van der Waals surface area contributed by atoms with Crippen LogP contribution in [0.2, 0.25) is 5.15 Å². The molecule has 0 bridgehead atoms. The maximum Gasteiger partial charge on any atom is 0.220 e. The van der Waals surface area contributed by atoms with Gasteiger partial charge >= 0.3 is 0 Å². The molecule has 0 unspecified atom stereocenters. The van der Waals surface area contributed by atoms with Gasteiger partial charge in [-0.05, 0) is 24.5 Å². The molecule has 0 spiro atoms. The number of halogens is 2. The maximum absolute atomic E-state index is 13.1. The zero-order valence-corrected chi connectivity index (χ0v) is 18.2. The molecule has 8 nitrogen and oxygen atoms in total. The Balaban J connectivity index is 1.46. The van der Waals surface area contributed by atoms with Crippen LogP contribution in [0.15, 0.2) is 18.3 Å². The van der Waals surface area contributed by atoms with Gasteiger partial charge in [0.1, 0.15) is 16.8 Å². The summed E-state index contributed by atoms with van der Waals surface area (Å²) in [6.45, 7) is 4.71. The number of aromatic nitrogens is 3. The summed E-state index contributed by atoms with van der Waals surface area (Å²) in [5.74, 6) is -0.0492. The molecule has 11 heteroatoms. The highest BCUT2D eigenvalue weighted by Crippen LogP contribution is 2.38. The molecule has 2 fully saturated rings. The zero-order chi connectivity index (χ0) is 21.6. The van der Waals surface area contributed by atoms with E-state index in [9.17, 15) is 17.6 Å². The summed E-state index contributed by atoms with van der Waals surface area (Å²) < 4.78 is 40.5. The summed E-state index contributed by atoms with van der Waals surface area (Å²) in [5, 5.41) is -0.211. The first-order valence-electron chi connectivity index (χ1n) is 9.78. The quantitative estimate of drug-likeness (QED) is 0.762. The van der Waals surface area contributed by atoms with E-state index in [2.05, 4.69) is 15.0 Å². The topological polar surface area (TPSA) is 99.3 Å². The molecule has 0 aliphatic carbocycles. The Hall–Kier alpha value is -2.04. The molecule has 2 aliphatic heterocycles. The summed E-state index contributed by atoms with van der Waals surface area (Å²) in [5.41, 5.74) is 1.23. The molecule has 1 amide bonds. The van der Waals surface area contributed by atoms with Crippen LogP contribution in [0, 0.1) is 11.7 Å². The van der Waals surface area contributed by atoms with E-state index in [0.717, 1.165) is 11.9 Å². The van der Waals surface area contributed by atoms with E-state index in [1.807, 2.05) is 6.92 Å². The Bertz CT molecular complexity index is 1050. The highest BCUT2D eigenvalue weighted by atomic mass is 35.5. The summed E-state index contributed by atoms with van der Waals surface area (Å²) in [6.07, 6.45) is 1.72. The maximum atomic E-state index is 13.1. The van der Waals surface area contributed by atoms with Crippen molar-refractivity contribution in [1.82, 2.24) is 24.2 Å². The van der Waals surface area contributed by atoms with E-state index in [1.54, 1.807) is 0 Å². The number of amides is 1. The van der Waals surface area contributed by atoms with Gasteiger partial charge < -0.3 is 9.88 Å². The molecule has 2 aromatic rings. The molecule has 30 heavy (non-hydrogen) atoms. The standard InChI is InChI=1S/C19H23ClFN5O3S/c1-11-8-26(30(28,29)14-9-25(10-14)12(2)27)6-5-15(11)17-18(20)24-19(23-17)16-4-3-13(21)7-22-16/h3-4,7,11,14-15H,5-6,8-10H2,1-2H3,(H,23,24)/t11-,15+/m0/s1. The van der Waals surface area contributed by atoms with Crippen LogP contribution in [0.4, 0.5) is 4.39 Å². The highest BCUT2D eigenvalue weighted by Gasteiger charge is 2.44. The third-order valence-corrected chi connectivity index (χ3v) is 8.45. The number of imidazole rings is 1. The number of hydrogen-bond acceptors (Lipinski definition) is 5. The second kappa shape index (κ2) is 7.90. The van der Waals surface area contributed by atoms with Crippen molar-refractivity contribution in [2.24, 2.45) is 5.92 Å². The number of carbonyl (C=O) groups excluding carboxylic acids is 1. The van der Waals surface area contributed by atoms with Crippen molar-refractivity contribution in [2.45, 2.75) is 31.4 Å². The normalized spacial score (nSPS) is 23.4. The van der Waals surface area contributed by atoms with E-state index in [-0.39, 0.29) is 30.8 Å². The third kappa shape index (κ3) is 3.83. The van der Waals surface area contributed by atoms with Gasteiger partial charge in [-0.3, -0.25) is 4.79 Å². The molecule has 4 rings (SSSR count). The van der Waals surface area contributed by atoms with Crippen LogP contribution in [-0.2, 0) is 14.8 Å². The summed E-state index contributed by atoms with van der Waals surface area (Å²) in [7, 11) is -3.45. The number of sulfonamides is 1. The lowest BCUT2D eigenvalue weighted by molar-refractivity contribution is -0.131. The van der Waals surface area contributed by atoms with Crippen molar-refractivity contribution >= 4 is 27.5 Å². The van der Waals surface area contributed by atoms with Gasteiger partial charge in [0.2, 0.25) is 15.9 Å². The first kappa shape index (κ1) is 21.2. The lowest BCUT2D eigenvalue weighted by Crippen LogP contribution is -2.60. The average molecular weight is 456 g/mol. The summed E-state index contributed by atoms with van der Waals surface area (Å²) in [6, 6.07) is 2.83. The van der Waals surface area contributed by atoms with Gasteiger partial charge in [-0.1, -0.05) is 18.5 Å². The van der Waals surface area contributed by atoms with Crippen molar-refractivity contribution in [1.29, 1.82) is 0 Å². The van der Waals surface area contributed by atoms with Gasteiger partial charge in [0, 0.05) is 39.0 Å². The van der Waals surface area contributed by atoms with Crippen LogP contribution < -0.4 is 0 Å².